The van der Waals surface area contributed by atoms with Crippen LogP contribution in [0.2, 0.25) is 0 Å². The molecule has 1 aromatic carbocycles. The third-order valence-corrected chi connectivity index (χ3v) is 6.16. The Morgan fingerprint density at radius 3 is 2.96 bits per heavy atom. The highest BCUT2D eigenvalue weighted by Crippen LogP contribution is 2.26. The van der Waals surface area contributed by atoms with Crippen molar-refractivity contribution >= 4 is 27.3 Å². The lowest BCUT2D eigenvalue weighted by molar-refractivity contribution is 0.0765. The minimum absolute atomic E-state index is 0.197. The van der Waals surface area contributed by atoms with Gasteiger partial charge in [-0.25, -0.2) is 0 Å². The van der Waals surface area contributed by atoms with E-state index < -0.39 is 0 Å². The van der Waals surface area contributed by atoms with Gasteiger partial charge in [0.2, 0.25) is 0 Å². The van der Waals surface area contributed by atoms with E-state index in [0.717, 1.165) is 57.2 Å². The van der Waals surface area contributed by atoms with E-state index in [2.05, 4.69) is 17.0 Å². The zero-order valence-corrected chi connectivity index (χ0v) is 14.8. The minimum Gasteiger partial charge on any atom is -0.381 e. The molecule has 2 aliphatic rings. The number of carbonyl (C=O) groups is 1. The first kappa shape index (κ1) is 16.1. The van der Waals surface area contributed by atoms with Crippen molar-refractivity contribution in [1.82, 2.24) is 9.80 Å². The van der Waals surface area contributed by atoms with Gasteiger partial charge in [0.05, 0.1) is 11.5 Å². The molecule has 5 heteroatoms. The molecule has 0 bridgehead atoms. The fourth-order valence-electron chi connectivity index (χ4n) is 3.69. The molecule has 1 aromatic heterocycles. The Hall–Kier alpha value is -1.43. The van der Waals surface area contributed by atoms with Gasteiger partial charge in [0.15, 0.2) is 0 Å². The van der Waals surface area contributed by atoms with E-state index in [9.17, 15) is 4.79 Å². The predicted molar refractivity (Wildman–Crippen MR) is 97.7 cm³/mol. The van der Waals surface area contributed by atoms with Crippen LogP contribution in [0, 0.1) is 5.92 Å². The van der Waals surface area contributed by atoms with Crippen LogP contribution in [0.15, 0.2) is 30.3 Å². The van der Waals surface area contributed by atoms with Gasteiger partial charge in [-0.3, -0.25) is 4.79 Å². The molecule has 0 saturated carbocycles. The first-order valence-electron chi connectivity index (χ1n) is 8.87. The van der Waals surface area contributed by atoms with E-state index in [-0.39, 0.29) is 5.91 Å². The van der Waals surface area contributed by atoms with Crippen molar-refractivity contribution in [3.05, 3.63) is 35.2 Å². The lowest BCUT2D eigenvalue weighted by Gasteiger charge is -2.23. The van der Waals surface area contributed by atoms with Crippen LogP contribution in [0.3, 0.4) is 0 Å². The summed E-state index contributed by atoms with van der Waals surface area (Å²) >= 11 is 1.61. The van der Waals surface area contributed by atoms with Crippen LogP contribution in [0.5, 0.6) is 0 Å². The average molecular weight is 344 g/mol. The van der Waals surface area contributed by atoms with Gasteiger partial charge in [-0.05, 0) is 42.8 Å². The molecule has 3 heterocycles. The highest BCUT2D eigenvalue weighted by atomic mass is 32.1. The Balaban J connectivity index is 1.39. The highest BCUT2D eigenvalue weighted by Gasteiger charge is 2.24. The van der Waals surface area contributed by atoms with Crippen molar-refractivity contribution in [3.63, 3.8) is 0 Å². The zero-order chi connectivity index (χ0) is 16.4. The van der Waals surface area contributed by atoms with Crippen LogP contribution in [0.4, 0.5) is 0 Å². The van der Waals surface area contributed by atoms with Crippen molar-refractivity contribution in [2.45, 2.75) is 12.8 Å². The molecule has 0 spiro atoms. The summed E-state index contributed by atoms with van der Waals surface area (Å²) < 4.78 is 6.68. The fraction of sp³-hybridized carbons (Fsp3) is 0.526. The molecule has 2 aromatic rings. The van der Waals surface area contributed by atoms with Gasteiger partial charge in [-0.2, -0.15) is 0 Å². The van der Waals surface area contributed by atoms with Gasteiger partial charge in [0.25, 0.3) is 5.91 Å². The maximum Gasteiger partial charge on any atom is 0.264 e. The second-order valence-corrected chi connectivity index (χ2v) is 7.91. The Bertz CT molecular complexity index is 675. The number of fused-ring (bicyclic) bond motifs is 1. The van der Waals surface area contributed by atoms with Crippen LogP contribution in [-0.4, -0.2) is 61.6 Å². The van der Waals surface area contributed by atoms with E-state index in [4.69, 9.17) is 4.74 Å². The molecule has 2 fully saturated rings. The molecule has 0 radical (unpaired) electrons. The minimum atomic E-state index is 0.197. The standard InChI is InChI=1S/C19H24N2O2S/c22-19(18-12-16-4-1-2-5-17(16)24-18)21-8-3-7-20(9-10-21)13-15-6-11-23-14-15/h1-2,4-5,12,15H,3,6-11,13-14H2. The van der Waals surface area contributed by atoms with Gasteiger partial charge in [-0.15, -0.1) is 11.3 Å². The SMILES string of the molecule is O=C(c1cc2ccccc2s1)N1CCCN(CC2CCOC2)CC1. The lowest BCUT2D eigenvalue weighted by Crippen LogP contribution is -2.36. The van der Waals surface area contributed by atoms with Crippen molar-refractivity contribution in [1.29, 1.82) is 0 Å². The van der Waals surface area contributed by atoms with Crippen molar-refractivity contribution in [2.75, 3.05) is 45.9 Å². The molecule has 1 amide bonds. The van der Waals surface area contributed by atoms with E-state index >= 15 is 0 Å². The summed E-state index contributed by atoms with van der Waals surface area (Å²) in [5, 5.41) is 1.17. The number of benzene rings is 1. The van der Waals surface area contributed by atoms with Gasteiger partial charge in [0.1, 0.15) is 0 Å². The molecule has 0 aliphatic carbocycles. The number of hydrogen-bond acceptors (Lipinski definition) is 4. The monoisotopic (exact) mass is 344 g/mol. The van der Waals surface area contributed by atoms with Gasteiger partial charge < -0.3 is 14.5 Å². The Morgan fingerprint density at radius 1 is 1.21 bits per heavy atom. The second kappa shape index (κ2) is 7.21. The molecular weight excluding hydrogens is 320 g/mol. The molecule has 1 atom stereocenters. The molecular formula is C19H24N2O2S. The van der Waals surface area contributed by atoms with Crippen LogP contribution >= 0.6 is 11.3 Å². The van der Waals surface area contributed by atoms with Crippen molar-refractivity contribution in [3.8, 4) is 0 Å². The second-order valence-electron chi connectivity index (χ2n) is 6.82. The lowest BCUT2D eigenvalue weighted by atomic mass is 10.1. The predicted octanol–water partition coefficient (Wildman–Crippen LogP) is 3.09. The maximum absolute atomic E-state index is 12.9. The zero-order valence-electron chi connectivity index (χ0n) is 13.9. The molecule has 24 heavy (non-hydrogen) atoms. The quantitative estimate of drug-likeness (QED) is 0.858. The van der Waals surface area contributed by atoms with Crippen molar-refractivity contribution in [2.24, 2.45) is 5.92 Å². The molecule has 4 nitrogen and oxygen atoms in total. The summed E-state index contributed by atoms with van der Waals surface area (Å²) in [7, 11) is 0. The normalized spacial score (nSPS) is 22.8. The Kier molecular flexibility index (Phi) is 4.83. The smallest absolute Gasteiger partial charge is 0.264 e. The summed E-state index contributed by atoms with van der Waals surface area (Å²) in [6.07, 6.45) is 2.24. The average Bonchev–Trinajstić information content (AvgIpc) is 3.20. The third kappa shape index (κ3) is 3.48. The molecule has 2 aliphatic heterocycles. The maximum atomic E-state index is 12.9. The van der Waals surface area contributed by atoms with Gasteiger partial charge >= 0.3 is 0 Å². The number of carbonyl (C=O) groups excluding carboxylic acids is 1. The summed E-state index contributed by atoms with van der Waals surface area (Å²) in [6.45, 7) is 6.70. The summed E-state index contributed by atoms with van der Waals surface area (Å²) in [6, 6.07) is 10.3. The van der Waals surface area contributed by atoms with Crippen LogP contribution in [0.25, 0.3) is 10.1 Å². The molecule has 2 saturated heterocycles. The number of thiophene rings is 1. The number of amides is 1. The summed E-state index contributed by atoms with van der Waals surface area (Å²) in [4.78, 5) is 18.3. The molecule has 4 rings (SSSR count). The highest BCUT2D eigenvalue weighted by molar-refractivity contribution is 7.20. The first-order valence-corrected chi connectivity index (χ1v) is 9.69. The number of nitrogens with zero attached hydrogens (tertiary/aromatic N) is 2. The topological polar surface area (TPSA) is 32.8 Å². The summed E-state index contributed by atoms with van der Waals surface area (Å²) in [5.74, 6) is 0.872. The largest absolute Gasteiger partial charge is 0.381 e. The van der Waals surface area contributed by atoms with E-state index in [1.165, 1.54) is 16.5 Å². The fourth-order valence-corrected chi connectivity index (χ4v) is 4.72. The molecule has 128 valence electrons. The first-order chi connectivity index (χ1) is 11.8. The van der Waals surface area contributed by atoms with Crippen molar-refractivity contribution < 1.29 is 9.53 Å². The molecule has 0 N–H and O–H groups in total. The van der Waals surface area contributed by atoms with E-state index in [1.54, 1.807) is 11.3 Å². The summed E-state index contributed by atoms with van der Waals surface area (Å²) in [5.41, 5.74) is 0. The number of ether oxygens (including phenoxy) is 1. The van der Waals surface area contributed by atoms with Crippen LogP contribution in [0.1, 0.15) is 22.5 Å². The molecule has 1 unspecified atom stereocenters. The van der Waals surface area contributed by atoms with E-state index in [1.807, 2.05) is 23.1 Å². The Morgan fingerprint density at radius 2 is 2.12 bits per heavy atom. The third-order valence-electron chi connectivity index (χ3n) is 5.05. The number of hydrogen-bond donors (Lipinski definition) is 0. The van der Waals surface area contributed by atoms with Crippen LogP contribution in [-0.2, 0) is 4.74 Å². The van der Waals surface area contributed by atoms with E-state index in [0.29, 0.717) is 5.92 Å². The Labute approximate surface area is 147 Å². The van der Waals surface area contributed by atoms with Crippen LogP contribution < -0.4 is 0 Å². The number of rotatable bonds is 3. The van der Waals surface area contributed by atoms with Gasteiger partial charge in [-0.1, -0.05) is 18.2 Å². The van der Waals surface area contributed by atoms with Gasteiger partial charge in [0, 0.05) is 37.5 Å².